The predicted octanol–water partition coefficient (Wildman–Crippen LogP) is 2.93. The highest BCUT2D eigenvalue weighted by Crippen LogP contribution is 2.35. The van der Waals surface area contributed by atoms with Crippen molar-refractivity contribution >= 4 is 39.8 Å². The molecule has 0 amide bonds. The zero-order valence-corrected chi connectivity index (χ0v) is 15.8. The van der Waals surface area contributed by atoms with Gasteiger partial charge in [0.15, 0.2) is 22.1 Å². The summed E-state index contributed by atoms with van der Waals surface area (Å²) in [5.74, 6) is -0.0988. The standard InChI is InChI=1S/C18H17N5O3S/c1-23-14-12(11-13(17(24)25-2)21-22-15(11)23)16(20-18(19-14)27-3)26-9-10-7-5-4-6-8-10/h4-8H,9H2,1-3H3,(H,21,22). The third-order valence-corrected chi connectivity index (χ3v) is 4.81. The SMILES string of the molecule is COC(=O)c1[nH]nc2c1c1c(OCc3ccccc3)nc(SC)nc1n2C. The largest absolute Gasteiger partial charge is 0.472 e. The first-order valence-corrected chi connectivity index (χ1v) is 9.40. The van der Waals surface area contributed by atoms with Crippen molar-refractivity contribution in [2.75, 3.05) is 13.4 Å². The van der Waals surface area contributed by atoms with Crippen molar-refractivity contribution in [3.63, 3.8) is 0 Å². The molecule has 1 N–H and O–H groups in total. The molecular weight excluding hydrogens is 366 g/mol. The molecule has 3 aromatic heterocycles. The van der Waals surface area contributed by atoms with Crippen LogP contribution in [0.4, 0.5) is 0 Å². The Morgan fingerprint density at radius 2 is 1.96 bits per heavy atom. The van der Waals surface area contributed by atoms with Crippen LogP contribution in [-0.4, -0.2) is 44.1 Å². The van der Waals surface area contributed by atoms with Crippen molar-refractivity contribution in [3.05, 3.63) is 41.6 Å². The minimum atomic E-state index is -0.507. The number of fused-ring (bicyclic) bond motifs is 3. The van der Waals surface area contributed by atoms with Crippen LogP contribution in [0, 0.1) is 0 Å². The van der Waals surface area contributed by atoms with Gasteiger partial charge in [0.25, 0.3) is 0 Å². The fourth-order valence-corrected chi connectivity index (χ4v) is 3.31. The van der Waals surface area contributed by atoms with Gasteiger partial charge in [-0.25, -0.2) is 9.78 Å². The molecule has 0 bridgehead atoms. The molecule has 0 aliphatic heterocycles. The lowest BCUT2D eigenvalue weighted by Gasteiger charge is -2.09. The highest BCUT2D eigenvalue weighted by molar-refractivity contribution is 7.98. The Morgan fingerprint density at radius 3 is 2.67 bits per heavy atom. The number of aromatic nitrogens is 5. The zero-order valence-electron chi connectivity index (χ0n) is 15.0. The molecule has 4 rings (SSSR count). The Hall–Kier alpha value is -3.07. The first-order chi connectivity index (χ1) is 13.1. The first kappa shape index (κ1) is 17.3. The smallest absolute Gasteiger partial charge is 0.356 e. The van der Waals surface area contributed by atoms with Crippen molar-refractivity contribution in [3.8, 4) is 5.88 Å². The topological polar surface area (TPSA) is 94.9 Å². The number of carbonyl (C=O) groups is 1. The third kappa shape index (κ3) is 2.89. The van der Waals surface area contributed by atoms with E-state index < -0.39 is 5.97 Å². The first-order valence-electron chi connectivity index (χ1n) is 8.17. The number of H-pyrrole nitrogens is 1. The summed E-state index contributed by atoms with van der Waals surface area (Å²) in [7, 11) is 3.17. The number of thioether (sulfide) groups is 1. The van der Waals surface area contributed by atoms with E-state index in [2.05, 4.69) is 20.2 Å². The molecule has 138 valence electrons. The Bertz CT molecular complexity index is 1140. The lowest BCUT2D eigenvalue weighted by molar-refractivity contribution is 0.0596. The van der Waals surface area contributed by atoms with Crippen LogP contribution in [0.3, 0.4) is 0 Å². The van der Waals surface area contributed by atoms with Crippen molar-refractivity contribution < 1.29 is 14.3 Å². The average Bonchev–Trinajstić information content (AvgIpc) is 3.26. The average molecular weight is 383 g/mol. The second kappa shape index (κ2) is 6.92. The number of methoxy groups -OCH3 is 1. The van der Waals surface area contributed by atoms with Crippen LogP contribution < -0.4 is 4.74 Å². The summed E-state index contributed by atoms with van der Waals surface area (Å²) in [6.07, 6.45) is 1.90. The fraction of sp³-hybridized carbons (Fsp3) is 0.222. The van der Waals surface area contributed by atoms with Gasteiger partial charge in [0.2, 0.25) is 5.88 Å². The van der Waals surface area contributed by atoms with E-state index in [4.69, 9.17) is 9.47 Å². The molecule has 9 heteroatoms. The maximum atomic E-state index is 12.2. The van der Waals surface area contributed by atoms with Crippen LogP contribution >= 0.6 is 11.8 Å². The molecule has 0 fully saturated rings. The molecule has 8 nitrogen and oxygen atoms in total. The molecule has 0 aliphatic rings. The molecule has 27 heavy (non-hydrogen) atoms. The molecule has 3 heterocycles. The van der Waals surface area contributed by atoms with Gasteiger partial charge in [-0.1, -0.05) is 42.1 Å². The number of aryl methyl sites for hydroxylation is 1. The van der Waals surface area contributed by atoms with Crippen molar-refractivity contribution in [1.82, 2.24) is 24.7 Å². The van der Waals surface area contributed by atoms with Crippen LogP contribution in [0.25, 0.3) is 22.1 Å². The van der Waals surface area contributed by atoms with Gasteiger partial charge >= 0.3 is 5.97 Å². The van der Waals surface area contributed by atoms with E-state index >= 15 is 0 Å². The lowest BCUT2D eigenvalue weighted by Crippen LogP contribution is -2.04. The van der Waals surface area contributed by atoms with E-state index in [0.29, 0.717) is 39.7 Å². The van der Waals surface area contributed by atoms with Gasteiger partial charge in [-0.05, 0) is 11.8 Å². The van der Waals surface area contributed by atoms with Crippen molar-refractivity contribution in [2.24, 2.45) is 7.05 Å². The minimum Gasteiger partial charge on any atom is -0.472 e. The van der Waals surface area contributed by atoms with E-state index in [9.17, 15) is 4.79 Å². The van der Waals surface area contributed by atoms with E-state index in [1.807, 2.05) is 48.2 Å². The Labute approximate surface area is 158 Å². The molecule has 0 spiro atoms. The number of ether oxygens (including phenoxy) is 2. The van der Waals surface area contributed by atoms with Gasteiger partial charge in [-0.15, -0.1) is 0 Å². The van der Waals surface area contributed by atoms with E-state index in [1.54, 1.807) is 0 Å². The third-order valence-electron chi connectivity index (χ3n) is 4.26. The van der Waals surface area contributed by atoms with Crippen LogP contribution in [-0.2, 0) is 18.4 Å². The molecule has 1 aromatic carbocycles. The van der Waals surface area contributed by atoms with E-state index in [-0.39, 0.29) is 5.69 Å². The number of hydrogen-bond donors (Lipinski definition) is 1. The summed E-state index contributed by atoms with van der Waals surface area (Å²) in [6.45, 7) is 0.350. The summed E-state index contributed by atoms with van der Waals surface area (Å²) in [5.41, 5.74) is 2.50. The molecule has 0 radical (unpaired) electrons. The van der Waals surface area contributed by atoms with Gasteiger partial charge in [-0.2, -0.15) is 10.1 Å². The molecule has 0 saturated heterocycles. The van der Waals surface area contributed by atoms with Crippen LogP contribution in [0.1, 0.15) is 16.1 Å². The molecule has 0 unspecified atom stereocenters. The summed E-state index contributed by atoms with van der Waals surface area (Å²) in [4.78, 5) is 21.3. The Balaban J connectivity index is 1.92. The quantitative estimate of drug-likeness (QED) is 0.322. The fourth-order valence-electron chi connectivity index (χ4n) is 2.96. The lowest BCUT2D eigenvalue weighted by atomic mass is 10.2. The number of rotatable bonds is 5. The van der Waals surface area contributed by atoms with Crippen LogP contribution in [0.2, 0.25) is 0 Å². The second-order valence-corrected chi connectivity index (χ2v) is 6.61. The molecule has 0 saturated carbocycles. The summed E-state index contributed by atoms with van der Waals surface area (Å²) in [5, 5.41) is 8.80. The number of hydrogen-bond acceptors (Lipinski definition) is 7. The maximum absolute atomic E-state index is 12.2. The van der Waals surface area contributed by atoms with E-state index in [1.165, 1.54) is 18.9 Å². The number of nitrogens with one attached hydrogen (secondary N) is 1. The molecule has 0 atom stereocenters. The highest BCUT2D eigenvalue weighted by Gasteiger charge is 2.25. The van der Waals surface area contributed by atoms with Crippen molar-refractivity contribution in [1.29, 1.82) is 0 Å². The minimum absolute atomic E-state index is 0.253. The second-order valence-electron chi connectivity index (χ2n) is 5.84. The summed E-state index contributed by atoms with van der Waals surface area (Å²) < 4.78 is 12.7. The van der Waals surface area contributed by atoms with Gasteiger partial charge in [0.1, 0.15) is 6.61 Å². The Kier molecular flexibility index (Phi) is 4.44. The van der Waals surface area contributed by atoms with Gasteiger partial charge in [0, 0.05) is 7.05 Å². The summed E-state index contributed by atoms with van der Waals surface area (Å²) >= 11 is 1.42. The highest BCUT2D eigenvalue weighted by atomic mass is 32.2. The van der Waals surface area contributed by atoms with Gasteiger partial charge < -0.3 is 14.0 Å². The number of nitrogens with zero attached hydrogens (tertiary/aromatic N) is 4. The number of esters is 1. The predicted molar refractivity (Wildman–Crippen MR) is 102 cm³/mol. The number of benzene rings is 1. The van der Waals surface area contributed by atoms with Crippen LogP contribution in [0.15, 0.2) is 35.5 Å². The molecule has 0 aliphatic carbocycles. The Morgan fingerprint density at radius 1 is 1.19 bits per heavy atom. The summed E-state index contributed by atoms with van der Waals surface area (Å²) in [6, 6.07) is 9.81. The van der Waals surface area contributed by atoms with E-state index in [0.717, 1.165) is 5.56 Å². The monoisotopic (exact) mass is 383 g/mol. The maximum Gasteiger partial charge on any atom is 0.356 e. The van der Waals surface area contributed by atoms with Gasteiger partial charge in [-0.3, -0.25) is 5.10 Å². The van der Waals surface area contributed by atoms with Gasteiger partial charge in [0.05, 0.1) is 17.9 Å². The molecule has 4 aromatic rings. The van der Waals surface area contributed by atoms with Crippen LogP contribution in [0.5, 0.6) is 5.88 Å². The van der Waals surface area contributed by atoms with Crippen molar-refractivity contribution in [2.45, 2.75) is 11.8 Å². The normalized spacial score (nSPS) is 11.2. The zero-order chi connectivity index (χ0) is 19.0. The number of carbonyl (C=O) groups excluding carboxylic acids is 1. The number of aromatic amines is 1. The molecular formula is C18H17N5O3S.